The summed E-state index contributed by atoms with van der Waals surface area (Å²) in [6, 6.07) is 11.0. The number of amides is 3. The van der Waals surface area contributed by atoms with Crippen LogP contribution >= 0.6 is 0 Å². The lowest BCUT2D eigenvalue weighted by molar-refractivity contribution is -0.141. The van der Waals surface area contributed by atoms with E-state index in [1.807, 2.05) is 52.8 Å². The number of hydrogen-bond donors (Lipinski definition) is 2. The lowest BCUT2D eigenvalue weighted by Crippen LogP contribution is -2.54. The minimum Gasteiger partial charge on any atom is -0.444 e. The molecule has 0 spiro atoms. The molecule has 0 aliphatic heterocycles. The van der Waals surface area contributed by atoms with Crippen molar-refractivity contribution >= 4 is 23.6 Å². The van der Waals surface area contributed by atoms with E-state index in [2.05, 4.69) is 16.6 Å². The minimum absolute atomic E-state index is 0.199. The highest BCUT2D eigenvalue weighted by atomic mass is 16.6. The molecule has 3 unspecified atom stereocenters. The van der Waals surface area contributed by atoms with Crippen molar-refractivity contribution in [1.29, 1.82) is 0 Å². The zero-order valence-corrected chi connectivity index (χ0v) is 23.8. The second kappa shape index (κ2) is 13.1. The van der Waals surface area contributed by atoms with Gasteiger partial charge in [-0.25, -0.2) is 4.79 Å². The quantitative estimate of drug-likeness (QED) is 0.413. The molecule has 7 heteroatoms. The molecule has 3 atom stereocenters. The van der Waals surface area contributed by atoms with Crippen LogP contribution in [-0.4, -0.2) is 41.0 Å². The molecule has 0 heterocycles. The third-order valence-corrected chi connectivity index (χ3v) is 6.46. The third kappa shape index (κ3) is 7.85. The standard InChI is InChI=1S/C31H41N3O4/c1-10-20(4)26(33-30(37)38-31(7,8)9)29(36)34(12-3)27(24-18-16-23(11-2)17-19-24)28(35)32-25-21(5)14-13-15-22(25)6/h2,13-20,26-27H,10,12H2,1,3-9H3,(H,32,35)(H,33,37). The first kappa shape index (κ1) is 30.4. The predicted molar refractivity (Wildman–Crippen MR) is 152 cm³/mol. The molecular formula is C31H41N3O4. The molecule has 0 aromatic heterocycles. The van der Waals surface area contributed by atoms with Gasteiger partial charge in [-0.05, 0) is 76.3 Å². The molecule has 2 aromatic rings. The van der Waals surface area contributed by atoms with Crippen molar-refractivity contribution in [2.45, 2.75) is 79.5 Å². The first-order valence-electron chi connectivity index (χ1n) is 13.1. The molecule has 2 N–H and O–H groups in total. The van der Waals surface area contributed by atoms with Gasteiger partial charge in [0.05, 0.1) is 0 Å². The first-order chi connectivity index (χ1) is 17.8. The van der Waals surface area contributed by atoms with Crippen LogP contribution in [0.4, 0.5) is 10.5 Å². The molecule has 0 saturated carbocycles. The topological polar surface area (TPSA) is 87.7 Å². The summed E-state index contributed by atoms with van der Waals surface area (Å²) in [5.41, 5.74) is 3.10. The summed E-state index contributed by atoms with van der Waals surface area (Å²) < 4.78 is 5.43. The van der Waals surface area contributed by atoms with Crippen LogP contribution in [0.15, 0.2) is 42.5 Å². The van der Waals surface area contributed by atoms with Gasteiger partial charge in [0, 0.05) is 17.8 Å². The Morgan fingerprint density at radius 2 is 1.61 bits per heavy atom. The van der Waals surface area contributed by atoms with Crippen molar-refractivity contribution in [2.24, 2.45) is 5.92 Å². The van der Waals surface area contributed by atoms with Gasteiger partial charge in [-0.1, -0.05) is 56.5 Å². The second-order valence-electron chi connectivity index (χ2n) is 10.6. The number of terminal acetylenes is 1. The van der Waals surface area contributed by atoms with Crippen molar-refractivity contribution in [2.75, 3.05) is 11.9 Å². The summed E-state index contributed by atoms with van der Waals surface area (Å²) in [5, 5.41) is 5.80. The number of rotatable bonds is 9. The van der Waals surface area contributed by atoms with E-state index in [0.717, 1.165) is 11.1 Å². The minimum atomic E-state index is -0.953. The number of nitrogens with one attached hydrogen (secondary N) is 2. The number of ether oxygens (including phenoxy) is 1. The normalized spacial score (nSPS) is 13.4. The summed E-state index contributed by atoms with van der Waals surface area (Å²) in [6.45, 7) is 15.0. The van der Waals surface area contributed by atoms with E-state index in [-0.39, 0.29) is 24.3 Å². The van der Waals surface area contributed by atoms with E-state index in [1.165, 1.54) is 4.90 Å². The molecule has 0 radical (unpaired) electrons. The number of nitrogens with zero attached hydrogens (tertiary/aromatic N) is 1. The van der Waals surface area contributed by atoms with Gasteiger partial charge in [0.2, 0.25) is 5.91 Å². The highest BCUT2D eigenvalue weighted by Gasteiger charge is 2.37. The Hall–Kier alpha value is -3.79. The Kier molecular flexibility index (Phi) is 10.5. The predicted octanol–water partition coefficient (Wildman–Crippen LogP) is 5.75. The molecule has 3 amide bonds. The van der Waals surface area contributed by atoms with Gasteiger partial charge in [0.15, 0.2) is 0 Å². The molecule has 0 aliphatic carbocycles. The maximum atomic E-state index is 14.0. The van der Waals surface area contributed by atoms with E-state index < -0.39 is 23.8 Å². The van der Waals surface area contributed by atoms with Gasteiger partial charge in [-0.15, -0.1) is 6.42 Å². The van der Waals surface area contributed by atoms with Crippen molar-refractivity contribution < 1.29 is 19.1 Å². The fourth-order valence-corrected chi connectivity index (χ4v) is 4.20. The second-order valence-corrected chi connectivity index (χ2v) is 10.6. The van der Waals surface area contributed by atoms with Crippen LogP contribution in [0.1, 0.15) is 76.3 Å². The van der Waals surface area contributed by atoms with E-state index in [9.17, 15) is 14.4 Å². The Bertz CT molecular complexity index is 1150. The molecule has 38 heavy (non-hydrogen) atoms. The van der Waals surface area contributed by atoms with Crippen LogP contribution in [0.25, 0.3) is 0 Å². The molecule has 204 valence electrons. The number of para-hydroxylation sites is 1. The smallest absolute Gasteiger partial charge is 0.408 e. The third-order valence-electron chi connectivity index (χ3n) is 6.46. The average molecular weight is 520 g/mol. The van der Waals surface area contributed by atoms with E-state index in [4.69, 9.17) is 11.2 Å². The van der Waals surface area contributed by atoms with Gasteiger partial charge < -0.3 is 20.3 Å². The number of benzene rings is 2. The summed E-state index contributed by atoms with van der Waals surface area (Å²) in [7, 11) is 0. The van der Waals surface area contributed by atoms with Gasteiger partial charge in [-0.2, -0.15) is 0 Å². The zero-order valence-electron chi connectivity index (χ0n) is 23.8. The Balaban J connectivity index is 2.53. The molecule has 0 saturated heterocycles. The van der Waals surface area contributed by atoms with Crippen LogP contribution < -0.4 is 10.6 Å². The van der Waals surface area contributed by atoms with Gasteiger partial charge in [0.25, 0.3) is 5.91 Å². The van der Waals surface area contributed by atoms with Gasteiger partial charge in [-0.3, -0.25) is 9.59 Å². The van der Waals surface area contributed by atoms with Gasteiger partial charge >= 0.3 is 6.09 Å². The summed E-state index contributed by atoms with van der Waals surface area (Å²) in [4.78, 5) is 42.1. The number of alkyl carbamates (subject to hydrolysis) is 1. The van der Waals surface area contributed by atoms with Crippen molar-refractivity contribution in [3.8, 4) is 12.3 Å². The van der Waals surface area contributed by atoms with E-state index in [1.54, 1.807) is 45.0 Å². The number of hydrogen-bond acceptors (Lipinski definition) is 4. The van der Waals surface area contributed by atoms with Crippen molar-refractivity contribution in [3.63, 3.8) is 0 Å². The maximum Gasteiger partial charge on any atom is 0.408 e. The van der Waals surface area contributed by atoms with Gasteiger partial charge in [0.1, 0.15) is 17.7 Å². The lowest BCUT2D eigenvalue weighted by atomic mass is 9.95. The molecule has 7 nitrogen and oxygen atoms in total. The summed E-state index contributed by atoms with van der Waals surface area (Å²) in [5.74, 6) is 1.66. The largest absolute Gasteiger partial charge is 0.444 e. The molecule has 0 fully saturated rings. The van der Waals surface area contributed by atoms with E-state index in [0.29, 0.717) is 23.2 Å². The zero-order chi connectivity index (χ0) is 28.6. The Morgan fingerprint density at radius 3 is 2.08 bits per heavy atom. The molecular weight excluding hydrogens is 478 g/mol. The van der Waals surface area contributed by atoms with Crippen LogP contribution in [0.2, 0.25) is 0 Å². The first-order valence-corrected chi connectivity index (χ1v) is 13.1. The number of likely N-dealkylation sites (N-methyl/N-ethyl adjacent to an activating group) is 1. The summed E-state index contributed by atoms with van der Waals surface area (Å²) in [6.07, 6.45) is 5.50. The van der Waals surface area contributed by atoms with Crippen LogP contribution in [0, 0.1) is 32.1 Å². The number of aryl methyl sites for hydroxylation is 2. The Labute approximate surface area is 227 Å². The van der Waals surface area contributed by atoms with Crippen LogP contribution in [0.5, 0.6) is 0 Å². The molecule has 0 aliphatic rings. The fourth-order valence-electron chi connectivity index (χ4n) is 4.20. The molecule has 0 bridgehead atoms. The Morgan fingerprint density at radius 1 is 1.03 bits per heavy atom. The van der Waals surface area contributed by atoms with Crippen LogP contribution in [-0.2, 0) is 14.3 Å². The highest BCUT2D eigenvalue weighted by Crippen LogP contribution is 2.28. The highest BCUT2D eigenvalue weighted by molar-refractivity contribution is 6.00. The SMILES string of the molecule is C#Cc1ccc(C(C(=O)Nc2c(C)cccc2C)N(CC)C(=O)C(NC(=O)OC(C)(C)C)C(C)CC)cc1. The van der Waals surface area contributed by atoms with Crippen LogP contribution in [0.3, 0.4) is 0 Å². The lowest BCUT2D eigenvalue weighted by Gasteiger charge is -2.35. The fraction of sp³-hybridized carbons (Fsp3) is 0.452. The number of carbonyl (C=O) groups is 3. The van der Waals surface area contributed by atoms with E-state index >= 15 is 0 Å². The molecule has 2 aromatic carbocycles. The average Bonchev–Trinajstić information content (AvgIpc) is 2.86. The van der Waals surface area contributed by atoms with Crippen molar-refractivity contribution in [3.05, 3.63) is 64.7 Å². The van der Waals surface area contributed by atoms with Crippen molar-refractivity contribution in [1.82, 2.24) is 10.2 Å². The monoisotopic (exact) mass is 519 g/mol. The number of anilines is 1. The molecule has 2 rings (SSSR count). The maximum absolute atomic E-state index is 14.0. The summed E-state index contributed by atoms with van der Waals surface area (Å²) >= 11 is 0. The number of carbonyl (C=O) groups excluding carboxylic acids is 3.